The Kier molecular flexibility index (Phi) is 4.32. The highest BCUT2D eigenvalue weighted by molar-refractivity contribution is 5.85. The number of alkyl carbamates (subject to hydrolysis) is 1. The van der Waals surface area contributed by atoms with Gasteiger partial charge in [0.15, 0.2) is 0 Å². The lowest BCUT2D eigenvalue weighted by atomic mass is 10.2. The highest BCUT2D eigenvalue weighted by Gasteiger charge is 2.45. The molecule has 2 fully saturated rings. The average molecular weight is 257 g/mol. The van der Waals surface area contributed by atoms with Crippen molar-refractivity contribution in [3.8, 4) is 0 Å². The fourth-order valence-electron chi connectivity index (χ4n) is 1.47. The zero-order valence-corrected chi connectivity index (χ0v) is 9.49. The number of rotatable bonds is 3. The first-order chi connectivity index (χ1) is 7.08. The summed E-state index contributed by atoms with van der Waals surface area (Å²) < 4.78 is 30.9. The predicted molar refractivity (Wildman–Crippen MR) is 56.1 cm³/mol. The molecule has 1 aliphatic carbocycles. The van der Waals surface area contributed by atoms with Gasteiger partial charge in [-0.1, -0.05) is 0 Å². The van der Waals surface area contributed by atoms with Crippen molar-refractivity contribution in [2.45, 2.75) is 24.8 Å². The maximum Gasteiger partial charge on any atom is 0.407 e. The molecule has 94 valence electrons. The van der Waals surface area contributed by atoms with Gasteiger partial charge in [-0.25, -0.2) is 13.6 Å². The van der Waals surface area contributed by atoms with Crippen LogP contribution in [-0.4, -0.2) is 37.8 Å². The van der Waals surface area contributed by atoms with Crippen LogP contribution in [-0.2, 0) is 4.74 Å². The third-order valence-electron chi connectivity index (χ3n) is 2.66. The number of ether oxygens (including phenoxy) is 1. The van der Waals surface area contributed by atoms with Gasteiger partial charge in [0.1, 0.15) is 6.04 Å². The summed E-state index contributed by atoms with van der Waals surface area (Å²) in [5.74, 6) is -2.43. The number of halogens is 3. The van der Waals surface area contributed by atoms with Gasteiger partial charge in [0, 0.05) is 6.54 Å². The van der Waals surface area contributed by atoms with Crippen LogP contribution >= 0.6 is 12.4 Å². The van der Waals surface area contributed by atoms with Crippen molar-refractivity contribution in [1.29, 1.82) is 0 Å². The number of amides is 1. The van der Waals surface area contributed by atoms with Crippen molar-refractivity contribution in [2.75, 3.05) is 19.7 Å². The topological polar surface area (TPSA) is 50.4 Å². The Balaban J connectivity index is 0.00000128. The van der Waals surface area contributed by atoms with Crippen molar-refractivity contribution < 1.29 is 18.3 Å². The summed E-state index contributed by atoms with van der Waals surface area (Å²) in [7, 11) is 0. The number of hydrogen-bond acceptors (Lipinski definition) is 3. The van der Waals surface area contributed by atoms with Crippen LogP contribution in [0, 0.1) is 5.92 Å². The number of carbonyl (C=O) groups excluding carboxylic acids is 1. The molecular formula is C9H15ClF2N2O2. The lowest BCUT2D eigenvalue weighted by Gasteiger charge is -2.18. The van der Waals surface area contributed by atoms with Crippen LogP contribution in [0.3, 0.4) is 0 Å². The van der Waals surface area contributed by atoms with Gasteiger partial charge >= 0.3 is 6.09 Å². The molecular weight excluding hydrogens is 242 g/mol. The highest BCUT2D eigenvalue weighted by Crippen LogP contribution is 2.29. The molecule has 0 aromatic rings. The standard InChI is InChI=1S/C9H14F2N2O2.ClH/c10-9(11)5-12-3-7(9)13-8(14)15-4-6-1-2-6;/h6-7,12H,1-5H2,(H,13,14);1H. The van der Waals surface area contributed by atoms with Gasteiger partial charge < -0.3 is 15.4 Å². The summed E-state index contributed by atoms with van der Waals surface area (Å²) in [6, 6.07) is -1.15. The molecule has 16 heavy (non-hydrogen) atoms. The third-order valence-corrected chi connectivity index (χ3v) is 2.66. The van der Waals surface area contributed by atoms with Crippen molar-refractivity contribution >= 4 is 18.5 Å². The van der Waals surface area contributed by atoms with E-state index in [0.29, 0.717) is 12.5 Å². The lowest BCUT2D eigenvalue weighted by Crippen LogP contribution is -2.47. The van der Waals surface area contributed by atoms with E-state index in [4.69, 9.17) is 4.74 Å². The first kappa shape index (κ1) is 13.4. The summed E-state index contributed by atoms with van der Waals surface area (Å²) in [4.78, 5) is 11.1. The van der Waals surface area contributed by atoms with E-state index < -0.39 is 18.1 Å². The molecule has 1 saturated carbocycles. The van der Waals surface area contributed by atoms with Crippen LogP contribution in [0.1, 0.15) is 12.8 Å². The van der Waals surface area contributed by atoms with E-state index >= 15 is 0 Å². The monoisotopic (exact) mass is 256 g/mol. The maximum absolute atomic E-state index is 13.0. The van der Waals surface area contributed by atoms with E-state index in [1.54, 1.807) is 0 Å². The Bertz CT molecular complexity index is 262. The molecule has 1 aliphatic heterocycles. The van der Waals surface area contributed by atoms with Gasteiger partial charge in [-0.15, -0.1) is 12.4 Å². The normalized spacial score (nSPS) is 27.0. The van der Waals surface area contributed by atoms with Crippen LogP contribution < -0.4 is 10.6 Å². The van der Waals surface area contributed by atoms with Gasteiger partial charge in [0.2, 0.25) is 0 Å². The maximum atomic E-state index is 13.0. The second kappa shape index (κ2) is 5.14. The minimum Gasteiger partial charge on any atom is -0.449 e. The number of nitrogens with one attached hydrogen (secondary N) is 2. The van der Waals surface area contributed by atoms with E-state index in [-0.39, 0.29) is 25.5 Å². The Morgan fingerprint density at radius 3 is 2.69 bits per heavy atom. The Labute approximate surface area is 98.5 Å². The van der Waals surface area contributed by atoms with Crippen LogP contribution in [0.15, 0.2) is 0 Å². The highest BCUT2D eigenvalue weighted by atomic mass is 35.5. The molecule has 0 spiro atoms. The van der Waals surface area contributed by atoms with Crippen LogP contribution in [0.2, 0.25) is 0 Å². The van der Waals surface area contributed by atoms with Gasteiger partial charge in [-0.2, -0.15) is 0 Å². The molecule has 4 nitrogen and oxygen atoms in total. The second-order valence-electron chi connectivity index (χ2n) is 4.13. The molecule has 0 aromatic heterocycles. The smallest absolute Gasteiger partial charge is 0.407 e. The molecule has 2 aliphatic rings. The van der Waals surface area contributed by atoms with Crippen molar-refractivity contribution in [2.24, 2.45) is 5.92 Å². The van der Waals surface area contributed by atoms with Gasteiger partial charge in [0.05, 0.1) is 13.2 Å². The zero-order chi connectivity index (χ0) is 10.9. The fourth-order valence-corrected chi connectivity index (χ4v) is 1.47. The van der Waals surface area contributed by atoms with Gasteiger partial charge in [-0.05, 0) is 18.8 Å². The zero-order valence-electron chi connectivity index (χ0n) is 8.67. The second-order valence-corrected chi connectivity index (χ2v) is 4.13. The van der Waals surface area contributed by atoms with Crippen LogP contribution in [0.25, 0.3) is 0 Å². The van der Waals surface area contributed by atoms with Gasteiger partial charge in [0.25, 0.3) is 5.92 Å². The molecule has 2 N–H and O–H groups in total. The summed E-state index contributed by atoms with van der Waals surface area (Å²) in [6.45, 7) is 0.0453. The average Bonchev–Trinajstić information content (AvgIpc) is 2.91. The fraction of sp³-hybridized carbons (Fsp3) is 0.889. The minimum atomic E-state index is -2.88. The van der Waals surface area contributed by atoms with Crippen LogP contribution in [0.4, 0.5) is 13.6 Å². The number of carbonyl (C=O) groups is 1. The molecule has 1 atom stereocenters. The summed E-state index contributed by atoms with van der Waals surface area (Å²) in [5.41, 5.74) is 0. The molecule has 1 amide bonds. The quantitative estimate of drug-likeness (QED) is 0.797. The molecule has 1 unspecified atom stereocenters. The molecule has 1 heterocycles. The Morgan fingerprint density at radius 1 is 1.50 bits per heavy atom. The van der Waals surface area contributed by atoms with E-state index in [0.717, 1.165) is 12.8 Å². The first-order valence-corrected chi connectivity index (χ1v) is 5.10. The van der Waals surface area contributed by atoms with Crippen LogP contribution in [0.5, 0.6) is 0 Å². The minimum absolute atomic E-state index is 0. The Hall–Kier alpha value is -0.620. The predicted octanol–water partition coefficient (Wildman–Crippen LogP) is 1.15. The molecule has 2 rings (SSSR count). The third kappa shape index (κ3) is 3.45. The summed E-state index contributed by atoms with van der Waals surface area (Å²) in [5, 5.41) is 4.70. The molecule has 0 aromatic carbocycles. The Morgan fingerprint density at radius 2 is 2.19 bits per heavy atom. The molecule has 7 heteroatoms. The first-order valence-electron chi connectivity index (χ1n) is 5.10. The molecule has 0 radical (unpaired) electrons. The lowest BCUT2D eigenvalue weighted by molar-refractivity contribution is -0.00394. The summed E-state index contributed by atoms with van der Waals surface area (Å²) in [6.07, 6.45) is 1.39. The number of alkyl halides is 2. The molecule has 1 saturated heterocycles. The SMILES string of the molecule is Cl.O=C(NC1CNCC1(F)F)OCC1CC1. The summed E-state index contributed by atoms with van der Waals surface area (Å²) >= 11 is 0. The van der Waals surface area contributed by atoms with E-state index in [1.165, 1.54) is 0 Å². The van der Waals surface area contributed by atoms with E-state index in [2.05, 4.69) is 10.6 Å². The van der Waals surface area contributed by atoms with Gasteiger partial charge in [-0.3, -0.25) is 0 Å². The number of hydrogen-bond donors (Lipinski definition) is 2. The van der Waals surface area contributed by atoms with E-state index in [9.17, 15) is 13.6 Å². The van der Waals surface area contributed by atoms with Crippen molar-refractivity contribution in [3.63, 3.8) is 0 Å². The molecule has 0 bridgehead atoms. The largest absolute Gasteiger partial charge is 0.449 e. The van der Waals surface area contributed by atoms with Crippen molar-refractivity contribution in [3.05, 3.63) is 0 Å². The van der Waals surface area contributed by atoms with Crippen molar-refractivity contribution in [1.82, 2.24) is 10.6 Å². The van der Waals surface area contributed by atoms with E-state index in [1.807, 2.05) is 0 Å².